The van der Waals surface area contributed by atoms with E-state index in [0.717, 1.165) is 69.4 Å². The van der Waals surface area contributed by atoms with Crippen molar-refractivity contribution in [2.45, 2.75) is 87.6 Å². The minimum absolute atomic E-state index is 0.0320. The molecule has 2 saturated carbocycles. The Morgan fingerprint density at radius 3 is 2.24 bits per heavy atom. The van der Waals surface area contributed by atoms with Gasteiger partial charge in [-0.3, -0.25) is 9.59 Å². The van der Waals surface area contributed by atoms with Crippen molar-refractivity contribution in [1.82, 2.24) is 15.6 Å². The van der Waals surface area contributed by atoms with Gasteiger partial charge in [-0.05, 0) is 82.1 Å². The van der Waals surface area contributed by atoms with Gasteiger partial charge in [0.1, 0.15) is 11.6 Å². The molecule has 7 nitrogen and oxygen atoms in total. The van der Waals surface area contributed by atoms with Crippen LogP contribution in [0.15, 0.2) is 48.7 Å². The van der Waals surface area contributed by atoms with Crippen LogP contribution in [-0.2, 0) is 4.79 Å². The van der Waals surface area contributed by atoms with Crippen LogP contribution < -0.4 is 20.3 Å². The van der Waals surface area contributed by atoms with Gasteiger partial charge in [0, 0.05) is 30.4 Å². The first-order chi connectivity index (χ1) is 16.6. The molecule has 2 N–H and O–H groups in total. The van der Waals surface area contributed by atoms with Crippen LogP contribution in [0.4, 0.5) is 5.82 Å². The van der Waals surface area contributed by atoms with E-state index in [4.69, 9.17) is 4.74 Å². The van der Waals surface area contributed by atoms with Crippen LogP contribution in [0.5, 0.6) is 5.75 Å². The first-order valence-electron chi connectivity index (χ1n) is 12.7. The minimum atomic E-state index is -0.726. The minimum Gasteiger partial charge on any atom is -0.477 e. The number of ether oxygens (including phenoxy) is 1. The Morgan fingerprint density at radius 1 is 0.912 bits per heavy atom. The fraction of sp³-hybridized carbons (Fsp3) is 0.519. The molecular formula is C27H32N4O3. The fourth-order valence-electron chi connectivity index (χ4n) is 5.74. The number of anilines is 1. The second-order valence-electron chi connectivity index (χ2n) is 10.3. The lowest BCUT2D eigenvalue weighted by molar-refractivity contribution is -0.145. The van der Waals surface area contributed by atoms with Crippen molar-refractivity contribution < 1.29 is 14.3 Å². The molecule has 0 spiro atoms. The quantitative estimate of drug-likeness (QED) is 0.660. The van der Waals surface area contributed by atoms with Crippen LogP contribution in [0.1, 0.15) is 68.1 Å². The van der Waals surface area contributed by atoms with Crippen molar-refractivity contribution in [1.29, 1.82) is 0 Å². The predicted octanol–water partition coefficient (Wildman–Crippen LogP) is 3.59. The Kier molecular flexibility index (Phi) is 5.42. The molecule has 7 heteroatoms. The highest BCUT2D eigenvalue weighted by Gasteiger charge is 2.49. The average Bonchev–Trinajstić information content (AvgIpc) is 3.60. The van der Waals surface area contributed by atoms with Crippen molar-refractivity contribution >= 4 is 17.6 Å². The molecule has 6 rings (SSSR count). The fourth-order valence-corrected chi connectivity index (χ4v) is 5.74. The molecule has 0 radical (unpaired) electrons. The molecule has 1 unspecified atom stereocenters. The molecule has 1 aromatic carbocycles. The summed E-state index contributed by atoms with van der Waals surface area (Å²) in [5.41, 5.74) is -0.106. The Balaban J connectivity index is 1.09. The third-order valence-electron chi connectivity index (χ3n) is 7.89. The summed E-state index contributed by atoms with van der Waals surface area (Å²) in [6.07, 6.45) is 10.4. The maximum atomic E-state index is 13.3. The number of hydrogen-bond donors (Lipinski definition) is 2. The number of nitrogens with zero attached hydrogens (tertiary/aromatic N) is 2. The maximum Gasteiger partial charge on any atom is 0.264 e. The van der Waals surface area contributed by atoms with Gasteiger partial charge in [-0.15, -0.1) is 0 Å². The summed E-state index contributed by atoms with van der Waals surface area (Å²) in [7, 11) is 0. The summed E-state index contributed by atoms with van der Waals surface area (Å²) in [6.45, 7) is 0. The molecule has 2 saturated heterocycles. The molecule has 3 heterocycles. The monoisotopic (exact) mass is 460 g/mol. The molecule has 178 valence electrons. The van der Waals surface area contributed by atoms with Gasteiger partial charge in [0.25, 0.3) is 11.8 Å². The molecule has 2 aliphatic carbocycles. The van der Waals surface area contributed by atoms with Gasteiger partial charge in [0.05, 0.1) is 5.56 Å². The SMILES string of the molecule is O=C(NC1CC1)c1ccc(N2[C@@H]3CC[C@H]2CC(NC(=O)C2(Oc4ccccc4)CCC2)C3)nc1. The number of aromatic nitrogens is 1. The normalized spacial score (nSPS) is 26.9. The largest absolute Gasteiger partial charge is 0.477 e. The summed E-state index contributed by atoms with van der Waals surface area (Å²) in [4.78, 5) is 32.6. The number of fused-ring (bicyclic) bond motifs is 2. The van der Waals surface area contributed by atoms with Crippen LogP contribution in [0.2, 0.25) is 0 Å². The van der Waals surface area contributed by atoms with Crippen LogP contribution in [0, 0.1) is 0 Å². The Morgan fingerprint density at radius 2 is 1.65 bits per heavy atom. The van der Waals surface area contributed by atoms with E-state index in [-0.39, 0.29) is 17.9 Å². The molecule has 2 amide bonds. The standard InChI is InChI=1S/C27H32N4O3/c32-25(29-19-8-9-19)18-7-12-24(28-17-18)31-21-10-11-22(31)16-20(15-21)30-26(33)27(13-4-14-27)34-23-5-2-1-3-6-23/h1-3,5-7,12,17,19-22H,4,8-11,13-16H2,(H,29,32)(H,30,33)/t20?,21-,22+. The van der Waals surface area contributed by atoms with E-state index in [2.05, 4.69) is 20.5 Å². The number of benzene rings is 1. The van der Waals surface area contributed by atoms with E-state index in [1.807, 2.05) is 42.5 Å². The highest BCUT2D eigenvalue weighted by molar-refractivity contribution is 5.94. The summed E-state index contributed by atoms with van der Waals surface area (Å²) >= 11 is 0. The highest BCUT2D eigenvalue weighted by Crippen LogP contribution is 2.40. The van der Waals surface area contributed by atoms with E-state index < -0.39 is 5.60 Å². The van der Waals surface area contributed by atoms with E-state index in [9.17, 15) is 9.59 Å². The number of carbonyl (C=O) groups excluding carboxylic acids is 2. The molecule has 1 aromatic heterocycles. The van der Waals surface area contributed by atoms with Crippen molar-refractivity contribution in [3.63, 3.8) is 0 Å². The molecular weight excluding hydrogens is 428 g/mol. The smallest absolute Gasteiger partial charge is 0.264 e. The predicted molar refractivity (Wildman–Crippen MR) is 129 cm³/mol. The highest BCUT2D eigenvalue weighted by atomic mass is 16.5. The lowest BCUT2D eigenvalue weighted by Crippen LogP contribution is -2.60. The molecule has 34 heavy (non-hydrogen) atoms. The number of hydrogen-bond acceptors (Lipinski definition) is 5. The zero-order chi connectivity index (χ0) is 23.1. The average molecular weight is 461 g/mol. The van der Waals surface area contributed by atoms with Gasteiger partial charge < -0.3 is 20.3 Å². The summed E-state index contributed by atoms with van der Waals surface area (Å²) in [5.74, 6) is 1.69. The number of carbonyl (C=O) groups is 2. The first kappa shape index (κ1) is 21.4. The van der Waals surface area contributed by atoms with E-state index in [1.165, 1.54) is 0 Å². The molecule has 2 aromatic rings. The molecule has 3 atom stereocenters. The zero-order valence-corrected chi connectivity index (χ0v) is 19.4. The van der Waals surface area contributed by atoms with Gasteiger partial charge >= 0.3 is 0 Å². The topological polar surface area (TPSA) is 83.6 Å². The molecule has 2 aliphatic heterocycles. The second-order valence-corrected chi connectivity index (χ2v) is 10.3. The lowest BCUT2D eigenvalue weighted by Gasteiger charge is -2.44. The molecule has 4 fully saturated rings. The van der Waals surface area contributed by atoms with Crippen LogP contribution in [0.3, 0.4) is 0 Å². The van der Waals surface area contributed by atoms with E-state index in [0.29, 0.717) is 23.7 Å². The Labute approximate surface area is 200 Å². The third kappa shape index (κ3) is 4.12. The number of piperidine rings is 1. The van der Waals surface area contributed by atoms with Crippen LogP contribution in [-0.4, -0.2) is 46.6 Å². The number of rotatable bonds is 7. The summed E-state index contributed by atoms with van der Waals surface area (Å²) < 4.78 is 6.19. The van der Waals surface area contributed by atoms with Gasteiger partial charge in [-0.1, -0.05) is 18.2 Å². The maximum absolute atomic E-state index is 13.3. The number of pyridine rings is 1. The van der Waals surface area contributed by atoms with E-state index in [1.54, 1.807) is 6.20 Å². The van der Waals surface area contributed by atoms with Crippen molar-refractivity contribution in [2.75, 3.05) is 4.90 Å². The van der Waals surface area contributed by atoms with Gasteiger partial charge in [0.2, 0.25) is 0 Å². The molecule has 4 aliphatic rings. The van der Waals surface area contributed by atoms with Gasteiger partial charge in [-0.2, -0.15) is 0 Å². The Hall–Kier alpha value is -3.09. The number of para-hydroxylation sites is 1. The van der Waals surface area contributed by atoms with Gasteiger partial charge in [-0.25, -0.2) is 4.98 Å². The second kappa shape index (κ2) is 8.60. The third-order valence-corrected chi connectivity index (χ3v) is 7.89. The van der Waals surface area contributed by atoms with E-state index >= 15 is 0 Å². The van der Waals surface area contributed by atoms with Crippen LogP contribution >= 0.6 is 0 Å². The van der Waals surface area contributed by atoms with Crippen LogP contribution in [0.25, 0.3) is 0 Å². The zero-order valence-electron chi connectivity index (χ0n) is 19.4. The summed E-state index contributed by atoms with van der Waals surface area (Å²) in [5, 5.41) is 6.36. The lowest BCUT2D eigenvalue weighted by atomic mass is 9.78. The van der Waals surface area contributed by atoms with Crippen molar-refractivity contribution in [3.8, 4) is 5.75 Å². The van der Waals surface area contributed by atoms with Gasteiger partial charge in [0.15, 0.2) is 5.60 Å². The number of amides is 2. The first-order valence-corrected chi connectivity index (χ1v) is 12.7. The van der Waals surface area contributed by atoms with Crippen molar-refractivity contribution in [2.24, 2.45) is 0 Å². The molecule has 2 bridgehead atoms. The Bertz CT molecular complexity index is 1040. The number of nitrogens with one attached hydrogen (secondary N) is 2. The van der Waals surface area contributed by atoms with Crippen molar-refractivity contribution in [3.05, 3.63) is 54.2 Å². The summed E-state index contributed by atoms with van der Waals surface area (Å²) in [6, 6.07) is 14.7.